The molecule has 0 aromatic heterocycles. The van der Waals surface area contributed by atoms with Crippen LogP contribution in [-0.2, 0) is 30.4 Å². The van der Waals surface area contributed by atoms with E-state index < -0.39 is 23.5 Å². The first kappa shape index (κ1) is 17.4. The number of carbonyl (C=O) groups is 1. The van der Waals surface area contributed by atoms with Crippen molar-refractivity contribution in [3.8, 4) is 0 Å². The van der Waals surface area contributed by atoms with Crippen LogP contribution >= 0.6 is 0 Å². The summed E-state index contributed by atoms with van der Waals surface area (Å²) in [4.78, 5) is 12.1. The van der Waals surface area contributed by atoms with Crippen molar-refractivity contribution in [3.05, 3.63) is 64.5 Å². The Hall–Kier alpha value is -2.41. The number of hydrogen-bond acceptors (Lipinski definition) is 2. The van der Waals surface area contributed by atoms with Crippen molar-refractivity contribution in [2.75, 3.05) is 11.9 Å². The predicted octanol–water partition coefficient (Wildman–Crippen LogP) is 3.67. The zero-order valence-corrected chi connectivity index (χ0v) is 13.2. The summed E-state index contributed by atoms with van der Waals surface area (Å²) in [7, 11) is 0. The Balaban J connectivity index is 1.73. The molecule has 1 aliphatic heterocycles. The number of carbonyl (C=O) groups excluding carboxylic acids is 1. The van der Waals surface area contributed by atoms with E-state index in [1.54, 1.807) is 6.07 Å². The number of halogens is 4. The van der Waals surface area contributed by atoms with Gasteiger partial charge in [-0.2, -0.15) is 13.2 Å². The van der Waals surface area contributed by atoms with Gasteiger partial charge in [0, 0.05) is 6.54 Å². The number of hydrogen-bond donors (Lipinski definition) is 2. The average molecular weight is 352 g/mol. The molecule has 25 heavy (non-hydrogen) atoms. The summed E-state index contributed by atoms with van der Waals surface area (Å²) in [6.45, 7) is 1.23. The van der Waals surface area contributed by atoms with E-state index in [0.717, 1.165) is 17.7 Å². The standard InChI is InChI=1S/C18H16F4N2O/c19-17-14-6-7-23-10-12(14)4-5-15(17)24-16(25)9-11-2-1-3-13(8-11)18(20,21)22/h1-5,8,23H,6-7,9-10H2,(H,24,25). The Labute approximate surface area is 142 Å². The summed E-state index contributed by atoms with van der Waals surface area (Å²) in [5.41, 5.74) is 0.869. The molecule has 0 radical (unpaired) electrons. The zero-order valence-electron chi connectivity index (χ0n) is 13.2. The summed E-state index contributed by atoms with van der Waals surface area (Å²) in [5.74, 6) is -1.04. The third kappa shape index (κ3) is 3.99. The molecule has 2 aromatic carbocycles. The van der Waals surface area contributed by atoms with Crippen molar-refractivity contribution in [2.24, 2.45) is 0 Å². The number of amides is 1. The van der Waals surface area contributed by atoms with Gasteiger partial charge in [-0.25, -0.2) is 4.39 Å². The number of benzene rings is 2. The van der Waals surface area contributed by atoms with Crippen LogP contribution in [0.1, 0.15) is 22.3 Å². The van der Waals surface area contributed by atoms with Gasteiger partial charge in [0.25, 0.3) is 0 Å². The molecule has 2 N–H and O–H groups in total. The molecule has 0 saturated heterocycles. The normalized spacial score (nSPS) is 14.1. The Bertz CT molecular complexity index is 802. The largest absolute Gasteiger partial charge is 0.416 e. The van der Waals surface area contributed by atoms with E-state index in [2.05, 4.69) is 10.6 Å². The van der Waals surface area contributed by atoms with E-state index in [1.165, 1.54) is 18.2 Å². The van der Waals surface area contributed by atoms with Crippen LogP contribution in [-0.4, -0.2) is 12.5 Å². The van der Waals surface area contributed by atoms with E-state index >= 15 is 0 Å². The third-order valence-electron chi connectivity index (χ3n) is 4.10. The maximum atomic E-state index is 14.5. The molecular formula is C18H16F4N2O. The SMILES string of the molecule is O=C(Cc1cccc(C(F)(F)F)c1)Nc1ccc2c(c1F)CCNC2. The van der Waals surface area contributed by atoms with Gasteiger partial charge in [0.1, 0.15) is 5.82 Å². The first-order valence-corrected chi connectivity index (χ1v) is 7.81. The molecule has 0 fully saturated rings. The van der Waals surface area contributed by atoms with Crippen LogP contribution in [0.5, 0.6) is 0 Å². The van der Waals surface area contributed by atoms with Gasteiger partial charge < -0.3 is 10.6 Å². The van der Waals surface area contributed by atoms with Gasteiger partial charge in [0.05, 0.1) is 17.7 Å². The van der Waals surface area contributed by atoms with Crippen LogP contribution in [0.2, 0.25) is 0 Å². The minimum atomic E-state index is -4.47. The number of alkyl halides is 3. The highest BCUT2D eigenvalue weighted by Crippen LogP contribution is 2.30. The summed E-state index contributed by atoms with van der Waals surface area (Å²) in [6.07, 6.45) is -4.20. The van der Waals surface area contributed by atoms with Crippen molar-refractivity contribution in [1.29, 1.82) is 0 Å². The van der Waals surface area contributed by atoms with Crippen molar-refractivity contribution in [2.45, 2.75) is 25.6 Å². The fourth-order valence-corrected chi connectivity index (χ4v) is 2.87. The molecule has 1 aliphatic rings. The fraction of sp³-hybridized carbons (Fsp3) is 0.278. The molecule has 0 spiro atoms. The third-order valence-corrected chi connectivity index (χ3v) is 4.10. The molecule has 3 nitrogen and oxygen atoms in total. The van der Waals surface area contributed by atoms with Crippen LogP contribution in [0.15, 0.2) is 36.4 Å². The maximum Gasteiger partial charge on any atom is 0.416 e. The Morgan fingerprint density at radius 1 is 1.20 bits per heavy atom. The molecule has 0 bridgehead atoms. The van der Waals surface area contributed by atoms with E-state index in [9.17, 15) is 22.4 Å². The maximum absolute atomic E-state index is 14.5. The van der Waals surface area contributed by atoms with Crippen LogP contribution in [0.4, 0.5) is 23.2 Å². The van der Waals surface area contributed by atoms with Gasteiger partial charge in [-0.3, -0.25) is 4.79 Å². The second-order valence-corrected chi connectivity index (χ2v) is 5.91. The number of anilines is 1. The van der Waals surface area contributed by atoms with Crippen LogP contribution < -0.4 is 10.6 Å². The van der Waals surface area contributed by atoms with Crippen molar-refractivity contribution in [3.63, 3.8) is 0 Å². The van der Waals surface area contributed by atoms with Gasteiger partial charge in [-0.15, -0.1) is 0 Å². The Morgan fingerprint density at radius 3 is 2.76 bits per heavy atom. The second kappa shape index (κ2) is 6.84. The Kier molecular flexibility index (Phi) is 4.76. The molecule has 0 atom stereocenters. The number of nitrogens with one attached hydrogen (secondary N) is 2. The van der Waals surface area contributed by atoms with Gasteiger partial charge in [0.2, 0.25) is 5.91 Å². The number of fused-ring (bicyclic) bond motifs is 1. The van der Waals surface area contributed by atoms with E-state index in [0.29, 0.717) is 25.1 Å². The van der Waals surface area contributed by atoms with Crippen LogP contribution in [0.3, 0.4) is 0 Å². The second-order valence-electron chi connectivity index (χ2n) is 5.91. The summed E-state index contributed by atoms with van der Waals surface area (Å²) < 4.78 is 52.6. The predicted molar refractivity (Wildman–Crippen MR) is 85.6 cm³/mol. The highest BCUT2D eigenvalue weighted by molar-refractivity contribution is 5.92. The van der Waals surface area contributed by atoms with E-state index in [-0.39, 0.29) is 17.7 Å². The van der Waals surface area contributed by atoms with Gasteiger partial charge in [0.15, 0.2) is 0 Å². The molecule has 1 heterocycles. The lowest BCUT2D eigenvalue weighted by Gasteiger charge is -2.19. The smallest absolute Gasteiger partial charge is 0.323 e. The molecule has 132 valence electrons. The van der Waals surface area contributed by atoms with E-state index in [1.807, 2.05) is 0 Å². The minimum absolute atomic E-state index is 0.0534. The van der Waals surface area contributed by atoms with Crippen molar-refractivity contribution in [1.82, 2.24) is 5.32 Å². The molecule has 7 heteroatoms. The van der Waals surface area contributed by atoms with Gasteiger partial charge in [-0.05, 0) is 41.8 Å². The molecule has 3 rings (SSSR count). The summed E-state index contributed by atoms with van der Waals surface area (Å²) >= 11 is 0. The first-order valence-electron chi connectivity index (χ1n) is 7.81. The lowest BCUT2D eigenvalue weighted by atomic mass is 9.99. The topological polar surface area (TPSA) is 41.1 Å². The highest BCUT2D eigenvalue weighted by Gasteiger charge is 2.30. The monoisotopic (exact) mass is 352 g/mol. The van der Waals surface area contributed by atoms with Crippen molar-refractivity contribution < 1.29 is 22.4 Å². The van der Waals surface area contributed by atoms with Gasteiger partial charge >= 0.3 is 6.18 Å². The van der Waals surface area contributed by atoms with Gasteiger partial charge in [-0.1, -0.05) is 24.3 Å². The van der Waals surface area contributed by atoms with Crippen LogP contribution in [0, 0.1) is 5.82 Å². The highest BCUT2D eigenvalue weighted by atomic mass is 19.4. The average Bonchev–Trinajstić information content (AvgIpc) is 2.57. The molecule has 0 unspecified atom stereocenters. The first-order chi connectivity index (χ1) is 11.8. The zero-order chi connectivity index (χ0) is 18.0. The molecule has 0 aliphatic carbocycles. The summed E-state index contributed by atoms with van der Waals surface area (Å²) in [5, 5.41) is 5.58. The Morgan fingerprint density at radius 2 is 2.00 bits per heavy atom. The van der Waals surface area contributed by atoms with E-state index in [4.69, 9.17) is 0 Å². The fourth-order valence-electron chi connectivity index (χ4n) is 2.87. The minimum Gasteiger partial charge on any atom is -0.323 e. The molecule has 0 saturated carbocycles. The molecule has 2 aromatic rings. The molecule has 1 amide bonds. The summed E-state index contributed by atoms with van der Waals surface area (Å²) in [6, 6.07) is 7.77. The van der Waals surface area contributed by atoms with Crippen LogP contribution in [0.25, 0.3) is 0 Å². The lowest BCUT2D eigenvalue weighted by molar-refractivity contribution is -0.137. The quantitative estimate of drug-likeness (QED) is 0.828. The molecular weight excluding hydrogens is 336 g/mol. The van der Waals surface area contributed by atoms with Crippen molar-refractivity contribution >= 4 is 11.6 Å². The lowest BCUT2D eigenvalue weighted by Crippen LogP contribution is -2.25. The number of rotatable bonds is 3.